The third-order valence-electron chi connectivity index (χ3n) is 5.70. The van der Waals surface area contributed by atoms with Gasteiger partial charge in [-0.1, -0.05) is 101 Å². The first-order valence-corrected chi connectivity index (χ1v) is 12.0. The van der Waals surface area contributed by atoms with Crippen LogP contribution in [-0.2, 0) is 0 Å². The molecule has 0 saturated carbocycles. The lowest BCUT2D eigenvalue weighted by atomic mass is 10.0. The molecule has 5 nitrogen and oxygen atoms in total. The lowest BCUT2D eigenvalue weighted by molar-refractivity contribution is 0.0809. The number of amides is 1. The van der Waals surface area contributed by atoms with Crippen molar-refractivity contribution in [3.63, 3.8) is 0 Å². The molecule has 0 aromatic heterocycles. The van der Waals surface area contributed by atoms with Crippen molar-refractivity contribution >= 4 is 5.91 Å². The molecule has 1 amide bonds. The number of nitrogens with one attached hydrogen (secondary N) is 1. The van der Waals surface area contributed by atoms with Gasteiger partial charge < -0.3 is 20.6 Å². The van der Waals surface area contributed by atoms with E-state index in [1.807, 2.05) is 19.1 Å². The Morgan fingerprint density at radius 2 is 1.52 bits per heavy atom. The van der Waals surface area contributed by atoms with E-state index in [0.717, 1.165) is 18.4 Å². The number of rotatable bonds is 17. The molecule has 1 aromatic rings. The van der Waals surface area contributed by atoms with E-state index in [4.69, 9.17) is 0 Å². The molecular weight excluding hydrogens is 390 g/mol. The van der Waals surface area contributed by atoms with Gasteiger partial charge in [0.05, 0.1) is 24.9 Å². The maximum Gasteiger partial charge on any atom is 0.251 e. The summed E-state index contributed by atoms with van der Waals surface area (Å²) in [5, 5.41) is 32.6. The SMILES string of the molecule is CCCCCCCCCCCCC(O)/C=C/C(O)C(CO)NC(=O)c1ccccc1C. The number of hydrogen-bond acceptors (Lipinski definition) is 4. The number of aliphatic hydroxyl groups is 3. The van der Waals surface area contributed by atoms with Crippen molar-refractivity contribution in [2.75, 3.05) is 6.61 Å². The molecule has 3 atom stereocenters. The van der Waals surface area contributed by atoms with Crippen molar-refractivity contribution in [2.45, 2.75) is 103 Å². The predicted molar refractivity (Wildman–Crippen MR) is 127 cm³/mol. The fraction of sp³-hybridized carbons (Fsp3) is 0.654. The number of hydrogen-bond donors (Lipinski definition) is 4. The predicted octanol–water partition coefficient (Wildman–Crippen LogP) is 4.67. The normalized spacial score (nSPS) is 14.5. The molecule has 3 unspecified atom stereocenters. The van der Waals surface area contributed by atoms with Crippen molar-refractivity contribution in [3.05, 3.63) is 47.5 Å². The van der Waals surface area contributed by atoms with E-state index in [9.17, 15) is 20.1 Å². The van der Waals surface area contributed by atoms with Crippen LogP contribution in [0.1, 0.15) is 93.5 Å². The van der Waals surface area contributed by atoms with Crippen LogP contribution < -0.4 is 5.32 Å². The third-order valence-corrected chi connectivity index (χ3v) is 5.70. The number of aryl methyl sites for hydroxylation is 1. The zero-order valence-corrected chi connectivity index (χ0v) is 19.4. The van der Waals surface area contributed by atoms with Crippen molar-refractivity contribution in [1.82, 2.24) is 5.32 Å². The quantitative estimate of drug-likeness (QED) is 0.212. The summed E-state index contributed by atoms with van der Waals surface area (Å²) < 4.78 is 0. The number of carbonyl (C=O) groups is 1. The Bertz CT molecular complexity index is 632. The Morgan fingerprint density at radius 1 is 0.935 bits per heavy atom. The van der Waals surface area contributed by atoms with Gasteiger partial charge in [0.1, 0.15) is 0 Å². The van der Waals surface area contributed by atoms with Crippen LogP contribution in [0.15, 0.2) is 36.4 Å². The Morgan fingerprint density at radius 3 is 2.10 bits per heavy atom. The smallest absolute Gasteiger partial charge is 0.251 e. The highest BCUT2D eigenvalue weighted by Crippen LogP contribution is 2.13. The molecule has 0 spiro atoms. The van der Waals surface area contributed by atoms with Gasteiger partial charge in [-0.25, -0.2) is 0 Å². The summed E-state index contributed by atoms with van der Waals surface area (Å²) in [6, 6.07) is 6.34. The van der Waals surface area contributed by atoms with Gasteiger partial charge >= 0.3 is 0 Å². The van der Waals surface area contributed by atoms with Gasteiger partial charge in [-0.15, -0.1) is 0 Å². The maximum absolute atomic E-state index is 12.4. The van der Waals surface area contributed by atoms with E-state index in [1.165, 1.54) is 57.4 Å². The zero-order valence-electron chi connectivity index (χ0n) is 19.4. The molecule has 0 aliphatic heterocycles. The summed E-state index contributed by atoms with van der Waals surface area (Å²) in [7, 11) is 0. The summed E-state index contributed by atoms with van der Waals surface area (Å²) in [5.74, 6) is -0.337. The highest BCUT2D eigenvalue weighted by Gasteiger charge is 2.20. The van der Waals surface area contributed by atoms with Gasteiger partial charge in [-0.05, 0) is 25.0 Å². The van der Waals surface area contributed by atoms with Crippen molar-refractivity contribution in [2.24, 2.45) is 0 Å². The Labute approximate surface area is 188 Å². The molecule has 0 fully saturated rings. The monoisotopic (exact) mass is 433 g/mol. The van der Waals surface area contributed by atoms with Crippen molar-refractivity contribution < 1.29 is 20.1 Å². The van der Waals surface area contributed by atoms with E-state index < -0.39 is 24.9 Å². The third kappa shape index (κ3) is 12.1. The maximum atomic E-state index is 12.4. The topological polar surface area (TPSA) is 89.8 Å². The van der Waals surface area contributed by atoms with Crippen LogP contribution in [0.25, 0.3) is 0 Å². The lowest BCUT2D eigenvalue weighted by Crippen LogP contribution is -2.45. The van der Waals surface area contributed by atoms with Gasteiger partial charge in [-0.3, -0.25) is 4.79 Å². The second-order valence-electron chi connectivity index (χ2n) is 8.49. The van der Waals surface area contributed by atoms with Gasteiger partial charge in [0.25, 0.3) is 5.91 Å². The summed E-state index contributed by atoms with van der Waals surface area (Å²) >= 11 is 0. The van der Waals surface area contributed by atoms with Crippen LogP contribution in [0.4, 0.5) is 0 Å². The fourth-order valence-corrected chi connectivity index (χ4v) is 3.63. The highest BCUT2D eigenvalue weighted by molar-refractivity contribution is 5.95. The zero-order chi connectivity index (χ0) is 22.9. The average molecular weight is 434 g/mol. The Hall–Kier alpha value is -1.69. The lowest BCUT2D eigenvalue weighted by Gasteiger charge is -2.20. The van der Waals surface area contributed by atoms with Crippen molar-refractivity contribution in [3.8, 4) is 0 Å². The minimum atomic E-state index is -1.07. The van der Waals surface area contributed by atoms with Crippen LogP contribution in [0.3, 0.4) is 0 Å². The number of unbranched alkanes of at least 4 members (excludes halogenated alkanes) is 9. The molecule has 0 radical (unpaired) electrons. The highest BCUT2D eigenvalue weighted by atomic mass is 16.3. The average Bonchev–Trinajstić information content (AvgIpc) is 2.77. The molecule has 0 saturated heterocycles. The molecule has 5 heteroatoms. The van der Waals surface area contributed by atoms with Crippen LogP contribution in [0.2, 0.25) is 0 Å². The standard InChI is InChI=1S/C26H43NO4/c1-3-4-5-6-7-8-9-10-11-12-16-22(29)18-19-25(30)24(20-28)27-26(31)23-17-14-13-15-21(23)2/h13-15,17-19,22,24-25,28-30H,3-12,16,20H2,1-2H3,(H,27,31)/b19-18+. The second-order valence-corrected chi connectivity index (χ2v) is 8.49. The minimum absolute atomic E-state index is 0.337. The van der Waals surface area contributed by atoms with Crippen molar-refractivity contribution in [1.29, 1.82) is 0 Å². The van der Waals surface area contributed by atoms with Crippen LogP contribution in [0.5, 0.6) is 0 Å². The van der Waals surface area contributed by atoms with Crippen LogP contribution in [-0.4, -0.2) is 46.1 Å². The van der Waals surface area contributed by atoms with E-state index in [-0.39, 0.29) is 5.91 Å². The van der Waals surface area contributed by atoms with E-state index >= 15 is 0 Å². The van der Waals surface area contributed by atoms with Gasteiger partial charge in [-0.2, -0.15) is 0 Å². The molecule has 0 aliphatic carbocycles. The summed E-state index contributed by atoms with van der Waals surface area (Å²) in [4.78, 5) is 12.4. The molecule has 176 valence electrons. The van der Waals surface area contributed by atoms with E-state index in [0.29, 0.717) is 12.0 Å². The Kier molecular flexibility index (Phi) is 14.9. The molecule has 0 heterocycles. The summed E-state index contributed by atoms with van der Waals surface area (Å²) in [6.45, 7) is 3.68. The summed E-state index contributed by atoms with van der Waals surface area (Å²) in [5.41, 5.74) is 1.34. The molecular formula is C26H43NO4. The minimum Gasteiger partial charge on any atom is -0.394 e. The number of benzene rings is 1. The molecule has 1 rings (SSSR count). The molecule has 0 bridgehead atoms. The molecule has 4 N–H and O–H groups in total. The van der Waals surface area contributed by atoms with Gasteiger partial charge in [0.15, 0.2) is 0 Å². The number of carbonyl (C=O) groups excluding carboxylic acids is 1. The van der Waals surface area contributed by atoms with E-state index in [1.54, 1.807) is 18.2 Å². The van der Waals surface area contributed by atoms with Crippen LogP contribution >= 0.6 is 0 Å². The Balaban J connectivity index is 2.25. The van der Waals surface area contributed by atoms with Gasteiger partial charge in [0.2, 0.25) is 0 Å². The van der Waals surface area contributed by atoms with Crippen LogP contribution in [0, 0.1) is 6.92 Å². The van der Waals surface area contributed by atoms with Gasteiger partial charge in [0, 0.05) is 5.56 Å². The second kappa shape index (κ2) is 16.9. The molecule has 1 aromatic carbocycles. The first-order chi connectivity index (χ1) is 15.0. The fourth-order valence-electron chi connectivity index (χ4n) is 3.63. The molecule has 31 heavy (non-hydrogen) atoms. The molecule has 0 aliphatic rings. The van der Waals surface area contributed by atoms with E-state index in [2.05, 4.69) is 12.2 Å². The number of aliphatic hydroxyl groups excluding tert-OH is 3. The summed E-state index contributed by atoms with van der Waals surface area (Å²) in [6.07, 6.45) is 14.4. The first kappa shape index (κ1) is 27.3. The first-order valence-electron chi connectivity index (χ1n) is 12.0. The largest absolute Gasteiger partial charge is 0.394 e.